The number of rotatable bonds is 7. The van der Waals surface area contributed by atoms with Crippen LogP contribution in [-0.4, -0.2) is 34.6 Å². The molecule has 0 saturated heterocycles. The van der Waals surface area contributed by atoms with Gasteiger partial charge in [0.2, 0.25) is 0 Å². The maximum Gasteiger partial charge on any atom is 0.336 e. The molecular formula is C16H27N3O2. The van der Waals surface area contributed by atoms with Crippen LogP contribution >= 0.6 is 0 Å². The minimum Gasteiger partial charge on any atom is -0.478 e. The Hall–Kier alpha value is -1.75. The largest absolute Gasteiger partial charge is 0.478 e. The molecule has 1 aromatic carbocycles. The van der Waals surface area contributed by atoms with Crippen molar-refractivity contribution in [2.75, 3.05) is 18.0 Å². The number of hydrogen-bond acceptors (Lipinski definition) is 4. The molecule has 0 amide bonds. The molecule has 0 radical (unpaired) electrons. The number of carboxylic acid groups (broad SMARTS) is 1. The zero-order valence-corrected chi connectivity index (χ0v) is 13.4. The summed E-state index contributed by atoms with van der Waals surface area (Å²) in [5.74, 6) is -0.957. The minimum atomic E-state index is -0.957. The lowest BCUT2D eigenvalue weighted by Gasteiger charge is -2.30. The normalized spacial score (nSPS) is 11.6. The molecule has 0 heterocycles. The molecule has 5 heteroatoms. The van der Waals surface area contributed by atoms with E-state index in [1.54, 1.807) is 6.07 Å². The van der Waals surface area contributed by atoms with Gasteiger partial charge in [-0.2, -0.15) is 0 Å². The highest BCUT2D eigenvalue weighted by Gasteiger charge is 2.17. The van der Waals surface area contributed by atoms with Gasteiger partial charge in [0.25, 0.3) is 0 Å². The molecule has 0 unspecified atom stereocenters. The Kier molecular flexibility index (Phi) is 6.03. The van der Waals surface area contributed by atoms with Crippen molar-refractivity contribution >= 4 is 17.3 Å². The van der Waals surface area contributed by atoms with Crippen molar-refractivity contribution in [3.63, 3.8) is 0 Å². The van der Waals surface area contributed by atoms with Gasteiger partial charge in [-0.3, -0.25) is 4.90 Å². The van der Waals surface area contributed by atoms with Gasteiger partial charge in [0, 0.05) is 12.1 Å². The van der Waals surface area contributed by atoms with E-state index in [4.69, 9.17) is 11.5 Å². The maximum absolute atomic E-state index is 11.3. The Bertz CT molecular complexity index is 491. The first-order valence-corrected chi connectivity index (χ1v) is 7.41. The molecule has 1 aromatic rings. The first kappa shape index (κ1) is 17.3. The third-order valence-corrected chi connectivity index (χ3v) is 3.79. The van der Waals surface area contributed by atoms with Gasteiger partial charge in [-0.05, 0) is 64.8 Å². The molecule has 5 nitrogen and oxygen atoms in total. The molecule has 5 N–H and O–H groups in total. The van der Waals surface area contributed by atoms with Crippen molar-refractivity contribution in [1.82, 2.24) is 4.90 Å². The number of nitrogens with zero attached hydrogens (tertiary/aromatic N) is 1. The van der Waals surface area contributed by atoms with Crippen LogP contribution in [-0.2, 0) is 6.42 Å². The summed E-state index contributed by atoms with van der Waals surface area (Å²) in [7, 11) is 0. The fourth-order valence-corrected chi connectivity index (χ4v) is 2.70. The fraction of sp³-hybridized carbons (Fsp3) is 0.562. The van der Waals surface area contributed by atoms with E-state index in [2.05, 4.69) is 32.6 Å². The van der Waals surface area contributed by atoms with Gasteiger partial charge in [0.05, 0.1) is 16.9 Å². The van der Waals surface area contributed by atoms with E-state index >= 15 is 0 Å². The lowest BCUT2D eigenvalue weighted by Crippen LogP contribution is -2.37. The van der Waals surface area contributed by atoms with Gasteiger partial charge in [-0.25, -0.2) is 4.79 Å². The predicted molar refractivity (Wildman–Crippen MR) is 87.5 cm³/mol. The summed E-state index contributed by atoms with van der Waals surface area (Å²) in [6.07, 6.45) is 1.47. The van der Waals surface area contributed by atoms with Crippen molar-refractivity contribution in [2.45, 2.75) is 52.6 Å². The zero-order valence-electron chi connectivity index (χ0n) is 13.4. The second-order valence-electron chi connectivity index (χ2n) is 5.93. The molecule has 0 spiro atoms. The van der Waals surface area contributed by atoms with E-state index in [-0.39, 0.29) is 5.56 Å². The number of nitrogens with two attached hydrogens (primary N) is 2. The first-order chi connectivity index (χ1) is 9.75. The zero-order chi connectivity index (χ0) is 16.2. The Morgan fingerprint density at radius 2 is 1.76 bits per heavy atom. The van der Waals surface area contributed by atoms with Crippen LogP contribution in [0.3, 0.4) is 0 Å². The topological polar surface area (TPSA) is 92.6 Å². The van der Waals surface area contributed by atoms with Crippen molar-refractivity contribution in [1.29, 1.82) is 0 Å². The van der Waals surface area contributed by atoms with Gasteiger partial charge in [-0.1, -0.05) is 0 Å². The highest BCUT2D eigenvalue weighted by Crippen LogP contribution is 2.25. The number of nitrogen functional groups attached to an aromatic ring is 2. The average Bonchev–Trinajstić information content (AvgIpc) is 2.37. The van der Waals surface area contributed by atoms with Crippen LogP contribution in [0.5, 0.6) is 0 Å². The third kappa shape index (κ3) is 4.36. The minimum absolute atomic E-state index is 0.252. The summed E-state index contributed by atoms with van der Waals surface area (Å²) in [6.45, 7) is 9.56. The predicted octanol–water partition coefficient (Wildman–Crippen LogP) is 2.60. The molecule has 0 saturated carbocycles. The average molecular weight is 293 g/mol. The van der Waals surface area contributed by atoms with Gasteiger partial charge in [-0.15, -0.1) is 0 Å². The highest BCUT2D eigenvalue weighted by molar-refractivity contribution is 5.93. The molecule has 0 fully saturated rings. The third-order valence-electron chi connectivity index (χ3n) is 3.79. The monoisotopic (exact) mass is 293 g/mol. The standard InChI is InChI=1S/C16H27N3O2/c1-10(2)19(11(3)4)9-5-6-12-13(16(20)21)7-8-14(17)15(12)18/h7-8,10-11H,5-6,9,17-18H2,1-4H3,(H,20,21). The maximum atomic E-state index is 11.3. The SMILES string of the molecule is CC(C)N(CCCc1c(C(=O)O)ccc(N)c1N)C(C)C. The number of anilines is 2. The van der Waals surface area contributed by atoms with Crippen LogP contribution in [0.25, 0.3) is 0 Å². The van der Waals surface area contributed by atoms with Crippen LogP contribution < -0.4 is 11.5 Å². The lowest BCUT2D eigenvalue weighted by atomic mass is 9.99. The quantitative estimate of drug-likeness (QED) is 0.672. The number of aromatic carboxylic acids is 1. The van der Waals surface area contributed by atoms with Crippen molar-refractivity contribution in [3.8, 4) is 0 Å². The molecule has 21 heavy (non-hydrogen) atoms. The molecule has 0 aliphatic heterocycles. The number of carboxylic acids is 1. The van der Waals surface area contributed by atoms with Gasteiger partial charge < -0.3 is 16.6 Å². The van der Waals surface area contributed by atoms with E-state index in [1.807, 2.05) is 0 Å². The smallest absolute Gasteiger partial charge is 0.336 e. The molecule has 0 bridgehead atoms. The van der Waals surface area contributed by atoms with Gasteiger partial charge in [0.1, 0.15) is 0 Å². The van der Waals surface area contributed by atoms with Crippen molar-refractivity contribution in [2.24, 2.45) is 0 Å². The van der Waals surface area contributed by atoms with Crippen LogP contribution in [0.15, 0.2) is 12.1 Å². The molecule has 118 valence electrons. The lowest BCUT2D eigenvalue weighted by molar-refractivity contribution is 0.0695. The van der Waals surface area contributed by atoms with Crippen LogP contribution in [0.1, 0.15) is 50.0 Å². The second kappa shape index (κ2) is 7.31. The van der Waals surface area contributed by atoms with Gasteiger partial charge >= 0.3 is 5.97 Å². The van der Waals surface area contributed by atoms with E-state index in [1.165, 1.54) is 6.07 Å². The number of carbonyl (C=O) groups is 1. The fourth-order valence-electron chi connectivity index (χ4n) is 2.70. The highest BCUT2D eigenvalue weighted by atomic mass is 16.4. The summed E-state index contributed by atoms with van der Waals surface area (Å²) < 4.78 is 0. The molecular weight excluding hydrogens is 266 g/mol. The van der Waals surface area contributed by atoms with E-state index in [0.29, 0.717) is 35.4 Å². The van der Waals surface area contributed by atoms with Crippen LogP contribution in [0, 0.1) is 0 Å². The second-order valence-corrected chi connectivity index (χ2v) is 5.93. The van der Waals surface area contributed by atoms with E-state index in [9.17, 15) is 9.90 Å². The number of benzene rings is 1. The summed E-state index contributed by atoms with van der Waals surface area (Å²) in [5.41, 5.74) is 13.5. The molecule has 0 aliphatic carbocycles. The Morgan fingerprint density at radius 1 is 1.19 bits per heavy atom. The molecule has 1 rings (SSSR count). The summed E-state index contributed by atoms with van der Waals surface area (Å²) in [4.78, 5) is 13.7. The van der Waals surface area contributed by atoms with Crippen molar-refractivity contribution < 1.29 is 9.90 Å². The van der Waals surface area contributed by atoms with Crippen molar-refractivity contribution in [3.05, 3.63) is 23.3 Å². The summed E-state index contributed by atoms with van der Waals surface area (Å²) in [5, 5.41) is 9.26. The number of hydrogen-bond donors (Lipinski definition) is 3. The van der Waals surface area contributed by atoms with Crippen LogP contribution in [0.4, 0.5) is 11.4 Å². The molecule has 0 aliphatic rings. The van der Waals surface area contributed by atoms with E-state index in [0.717, 1.165) is 13.0 Å². The molecule has 0 atom stereocenters. The van der Waals surface area contributed by atoms with Crippen LogP contribution in [0.2, 0.25) is 0 Å². The summed E-state index contributed by atoms with van der Waals surface area (Å²) in [6, 6.07) is 4.01. The van der Waals surface area contributed by atoms with Gasteiger partial charge in [0.15, 0.2) is 0 Å². The molecule has 0 aromatic heterocycles. The Labute approximate surface area is 126 Å². The Balaban J connectivity index is 2.84. The Morgan fingerprint density at radius 3 is 2.24 bits per heavy atom. The summed E-state index contributed by atoms with van der Waals surface area (Å²) >= 11 is 0. The van der Waals surface area contributed by atoms with E-state index < -0.39 is 5.97 Å². The first-order valence-electron chi connectivity index (χ1n) is 7.41.